The first-order chi connectivity index (χ1) is 16.0. The molecule has 2 heterocycles. The number of hydrogen-bond acceptors (Lipinski definition) is 6. The van der Waals surface area contributed by atoms with Crippen LogP contribution in [-0.2, 0) is 6.54 Å². The van der Waals surface area contributed by atoms with E-state index in [0.717, 1.165) is 57.0 Å². The van der Waals surface area contributed by atoms with E-state index < -0.39 is 4.92 Å². The Morgan fingerprint density at radius 3 is 2.30 bits per heavy atom. The second-order valence-corrected chi connectivity index (χ2v) is 8.65. The van der Waals surface area contributed by atoms with Gasteiger partial charge in [-0.25, -0.2) is 0 Å². The first-order valence-electron chi connectivity index (χ1n) is 11.8. The molecule has 2 aliphatic rings. The summed E-state index contributed by atoms with van der Waals surface area (Å²) in [7, 11) is 0. The molecule has 2 aliphatic heterocycles. The van der Waals surface area contributed by atoms with Gasteiger partial charge in [-0.3, -0.25) is 19.8 Å². The van der Waals surface area contributed by atoms with Gasteiger partial charge in [-0.15, -0.1) is 0 Å². The number of piperidine rings is 1. The van der Waals surface area contributed by atoms with Gasteiger partial charge >= 0.3 is 0 Å². The zero-order valence-electron chi connectivity index (χ0n) is 19.2. The van der Waals surface area contributed by atoms with Gasteiger partial charge in [-0.05, 0) is 49.9 Å². The lowest BCUT2D eigenvalue weighted by Gasteiger charge is -2.36. The molecule has 2 aromatic carbocycles. The largest absolute Gasteiger partial charge is 0.494 e. The van der Waals surface area contributed by atoms with Crippen LogP contribution in [0.2, 0.25) is 0 Å². The molecule has 8 nitrogen and oxygen atoms in total. The second kappa shape index (κ2) is 10.7. The van der Waals surface area contributed by atoms with Crippen molar-refractivity contribution < 1.29 is 14.5 Å². The van der Waals surface area contributed by atoms with Crippen LogP contribution in [0.5, 0.6) is 5.75 Å². The van der Waals surface area contributed by atoms with Gasteiger partial charge in [0.2, 0.25) is 0 Å². The monoisotopic (exact) mass is 452 g/mol. The summed E-state index contributed by atoms with van der Waals surface area (Å²) in [6.45, 7) is 7.97. The summed E-state index contributed by atoms with van der Waals surface area (Å²) < 4.78 is 5.51. The Morgan fingerprint density at radius 2 is 1.67 bits per heavy atom. The van der Waals surface area contributed by atoms with Crippen molar-refractivity contribution in [1.29, 1.82) is 0 Å². The number of carbonyl (C=O) groups is 1. The smallest absolute Gasteiger partial charge is 0.270 e. The number of anilines is 1. The average molecular weight is 453 g/mol. The van der Waals surface area contributed by atoms with Gasteiger partial charge in [-0.1, -0.05) is 12.1 Å². The zero-order chi connectivity index (χ0) is 23.2. The van der Waals surface area contributed by atoms with E-state index in [0.29, 0.717) is 25.3 Å². The standard InChI is InChI=1S/C25H32N4O4/c1-2-33-22-9-6-20(7-10-22)19-26-14-16-28(17-15-26)25(30)23-18-21(29(31)32)8-11-24(23)27-12-4-3-5-13-27/h6-11,18H,2-5,12-17,19H2,1H3. The fraction of sp³-hybridized carbons (Fsp3) is 0.480. The third-order valence-electron chi connectivity index (χ3n) is 6.42. The molecule has 0 saturated carbocycles. The molecule has 2 saturated heterocycles. The summed E-state index contributed by atoms with van der Waals surface area (Å²) in [4.78, 5) is 30.8. The molecule has 0 spiro atoms. The number of nitro groups is 1. The molecule has 0 aromatic heterocycles. The van der Waals surface area contributed by atoms with Gasteiger partial charge < -0.3 is 14.5 Å². The van der Waals surface area contributed by atoms with Crippen molar-refractivity contribution in [3.8, 4) is 5.75 Å². The first kappa shape index (κ1) is 23.0. The molecular weight excluding hydrogens is 420 g/mol. The van der Waals surface area contributed by atoms with E-state index >= 15 is 0 Å². The van der Waals surface area contributed by atoms with Crippen molar-refractivity contribution in [3.63, 3.8) is 0 Å². The van der Waals surface area contributed by atoms with Crippen molar-refractivity contribution >= 4 is 17.3 Å². The average Bonchev–Trinajstić information content (AvgIpc) is 2.85. The van der Waals surface area contributed by atoms with Crippen molar-refractivity contribution in [1.82, 2.24) is 9.80 Å². The topological polar surface area (TPSA) is 79.2 Å². The zero-order valence-corrected chi connectivity index (χ0v) is 19.2. The molecule has 176 valence electrons. The van der Waals surface area contributed by atoms with Crippen LogP contribution >= 0.6 is 0 Å². The predicted molar refractivity (Wildman–Crippen MR) is 128 cm³/mol. The summed E-state index contributed by atoms with van der Waals surface area (Å²) in [5, 5.41) is 11.4. The fourth-order valence-electron chi connectivity index (χ4n) is 4.61. The number of nitrogens with zero attached hydrogens (tertiary/aromatic N) is 4. The molecule has 8 heteroatoms. The van der Waals surface area contributed by atoms with E-state index in [9.17, 15) is 14.9 Å². The van der Waals surface area contributed by atoms with E-state index in [2.05, 4.69) is 21.9 Å². The molecule has 33 heavy (non-hydrogen) atoms. The number of non-ortho nitro benzene ring substituents is 1. The third kappa shape index (κ3) is 5.63. The molecular formula is C25H32N4O4. The Balaban J connectivity index is 1.42. The normalized spacial score (nSPS) is 17.1. The van der Waals surface area contributed by atoms with Crippen molar-refractivity contribution in [2.45, 2.75) is 32.7 Å². The highest BCUT2D eigenvalue weighted by Gasteiger charge is 2.27. The molecule has 0 atom stereocenters. The number of piperazine rings is 1. The molecule has 0 N–H and O–H groups in total. The minimum absolute atomic E-state index is 0.0340. The third-order valence-corrected chi connectivity index (χ3v) is 6.42. The summed E-state index contributed by atoms with van der Waals surface area (Å²) in [6.07, 6.45) is 3.34. The Bertz CT molecular complexity index is 965. The quantitative estimate of drug-likeness (QED) is 0.468. The lowest BCUT2D eigenvalue weighted by atomic mass is 10.0. The van der Waals surface area contributed by atoms with Gasteiger partial charge in [0.15, 0.2) is 0 Å². The minimum atomic E-state index is -0.425. The Labute approximate surface area is 194 Å². The van der Waals surface area contributed by atoms with E-state index in [1.807, 2.05) is 24.0 Å². The van der Waals surface area contributed by atoms with Crippen LogP contribution in [-0.4, -0.2) is 66.5 Å². The summed E-state index contributed by atoms with van der Waals surface area (Å²) in [5.41, 5.74) is 2.45. The van der Waals surface area contributed by atoms with Gasteiger partial charge in [0.05, 0.1) is 22.8 Å². The first-order valence-corrected chi connectivity index (χ1v) is 11.8. The lowest BCUT2D eigenvalue weighted by molar-refractivity contribution is -0.384. The SMILES string of the molecule is CCOc1ccc(CN2CCN(C(=O)c3cc([N+](=O)[O-])ccc3N3CCCCC3)CC2)cc1. The maximum atomic E-state index is 13.4. The second-order valence-electron chi connectivity index (χ2n) is 8.65. The maximum Gasteiger partial charge on any atom is 0.270 e. The Morgan fingerprint density at radius 1 is 0.970 bits per heavy atom. The summed E-state index contributed by atoms with van der Waals surface area (Å²) in [6, 6.07) is 12.9. The van der Waals surface area contributed by atoms with E-state index in [4.69, 9.17) is 4.74 Å². The number of ether oxygens (including phenoxy) is 1. The highest BCUT2D eigenvalue weighted by Crippen LogP contribution is 2.29. The number of nitro benzene ring substituents is 1. The van der Waals surface area contributed by atoms with Crippen LogP contribution < -0.4 is 9.64 Å². The number of hydrogen-bond donors (Lipinski definition) is 0. The highest BCUT2D eigenvalue weighted by atomic mass is 16.6. The van der Waals surface area contributed by atoms with Crippen LogP contribution in [0, 0.1) is 10.1 Å². The van der Waals surface area contributed by atoms with Crippen molar-refractivity contribution in [3.05, 3.63) is 63.7 Å². The van der Waals surface area contributed by atoms with E-state index in [-0.39, 0.29) is 11.6 Å². The minimum Gasteiger partial charge on any atom is -0.494 e. The van der Waals surface area contributed by atoms with Crippen LogP contribution in [0.15, 0.2) is 42.5 Å². The van der Waals surface area contributed by atoms with Gasteiger partial charge in [0.25, 0.3) is 11.6 Å². The summed E-state index contributed by atoms with van der Waals surface area (Å²) in [5.74, 6) is 0.762. The van der Waals surface area contributed by atoms with Gasteiger partial charge in [-0.2, -0.15) is 0 Å². The number of rotatable bonds is 7. The van der Waals surface area contributed by atoms with Crippen LogP contribution in [0.3, 0.4) is 0 Å². The van der Waals surface area contributed by atoms with Crippen molar-refractivity contribution in [2.24, 2.45) is 0 Å². The Hall–Kier alpha value is -3.13. The highest BCUT2D eigenvalue weighted by molar-refractivity contribution is 6.00. The molecule has 1 amide bonds. The van der Waals surface area contributed by atoms with Crippen molar-refractivity contribution in [2.75, 3.05) is 50.8 Å². The Kier molecular flexibility index (Phi) is 7.44. The molecule has 0 bridgehead atoms. The number of benzene rings is 2. The number of amides is 1. The summed E-state index contributed by atoms with van der Waals surface area (Å²) >= 11 is 0. The van der Waals surface area contributed by atoms with E-state index in [1.165, 1.54) is 24.1 Å². The van der Waals surface area contributed by atoms with E-state index in [1.54, 1.807) is 6.07 Å². The van der Waals surface area contributed by atoms with Gasteiger partial charge in [0.1, 0.15) is 5.75 Å². The van der Waals surface area contributed by atoms with Crippen LogP contribution in [0.4, 0.5) is 11.4 Å². The molecule has 2 aromatic rings. The van der Waals surface area contributed by atoms with Gasteiger partial charge in [0, 0.05) is 57.9 Å². The molecule has 0 aliphatic carbocycles. The number of carbonyl (C=O) groups excluding carboxylic acids is 1. The fourth-order valence-corrected chi connectivity index (χ4v) is 4.61. The molecule has 0 unspecified atom stereocenters. The molecule has 4 rings (SSSR count). The van der Waals surface area contributed by atoms with Crippen LogP contribution in [0.1, 0.15) is 42.1 Å². The maximum absolute atomic E-state index is 13.4. The van der Waals surface area contributed by atoms with Crippen LogP contribution in [0.25, 0.3) is 0 Å². The molecule has 2 fully saturated rings. The predicted octanol–water partition coefficient (Wildman–Crippen LogP) is 3.94. The lowest BCUT2D eigenvalue weighted by Crippen LogP contribution is -2.48. The molecule has 0 radical (unpaired) electrons.